The molecule has 0 fully saturated rings. The van der Waals surface area contributed by atoms with Crippen LogP contribution in [0.25, 0.3) is 5.69 Å². The lowest BCUT2D eigenvalue weighted by atomic mass is 10.1. The fraction of sp³-hybridized carbons (Fsp3) is 0.188. The highest BCUT2D eigenvalue weighted by atomic mass is 32.1. The molecule has 1 amide bonds. The molecule has 0 unspecified atom stereocenters. The summed E-state index contributed by atoms with van der Waals surface area (Å²) < 4.78 is 15.1. The number of aromatic nitrogens is 3. The van der Waals surface area contributed by atoms with Crippen molar-refractivity contribution >= 4 is 17.2 Å². The van der Waals surface area contributed by atoms with Crippen molar-refractivity contribution in [1.82, 2.24) is 20.3 Å². The number of halogens is 1. The molecule has 118 valence electrons. The highest BCUT2D eigenvalue weighted by molar-refractivity contribution is 7.08. The van der Waals surface area contributed by atoms with Gasteiger partial charge in [-0.1, -0.05) is 23.4 Å². The van der Waals surface area contributed by atoms with Crippen molar-refractivity contribution in [1.29, 1.82) is 0 Å². The summed E-state index contributed by atoms with van der Waals surface area (Å²) in [5.41, 5.74) is 2.17. The number of hydrogen-bond acceptors (Lipinski definition) is 4. The van der Waals surface area contributed by atoms with E-state index in [1.807, 2.05) is 16.8 Å². The van der Waals surface area contributed by atoms with E-state index in [-0.39, 0.29) is 18.1 Å². The molecule has 1 aromatic carbocycles. The molecule has 5 nitrogen and oxygen atoms in total. The van der Waals surface area contributed by atoms with Gasteiger partial charge in [0.2, 0.25) is 5.91 Å². The van der Waals surface area contributed by atoms with Crippen LogP contribution >= 0.6 is 11.3 Å². The van der Waals surface area contributed by atoms with Crippen molar-refractivity contribution in [2.45, 2.75) is 19.4 Å². The number of carbonyl (C=O) groups excluding carboxylic acids is 1. The number of thiophene rings is 1. The molecule has 0 saturated carbocycles. The summed E-state index contributed by atoms with van der Waals surface area (Å²) in [7, 11) is 0. The molecular weight excluding hydrogens is 315 g/mol. The average Bonchev–Trinajstić information content (AvgIpc) is 3.23. The quantitative estimate of drug-likeness (QED) is 0.756. The first-order chi connectivity index (χ1) is 11.2. The van der Waals surface area contributed by atoms with E-state index < -0.39 is 0 Å². The van der Waals surface area contributed by atoms with Crippen molar-refractivity contribution in [3.63, 3.8) is 0 Å². The van der Waals surface area contributed by atoms with Crippen molar-refractivity contribution < 1.29 is 9.18 Å². The third kappa shape index (κ3) is 4.01. The summed E-state index contributed by atoms with van der Waals surface area (Å²) in [6, 6.07) is 8.43. The van der Waals surface area contributed by atoms with Crippen molar-refractivity contribution in [3.8, 4) is 5.69 Å². The minimum absolute atomic E-state index is 0.140. The Morgan fingerprint density at radius 1 is 1.30 bits per heavy atom. The molecule has 0 spiro atoms. The van der Waals surface area contributed by atoms with Gasteiger partial charge in [0.05, 0.1) is 18.4 Å². The number of amides is 1. The zero-order valence-corrected chi connectivity index (χ0v) is 13.1. The smallest absolute Gasteiger partial charge is 0.220 e. The van der Waals surface area contributed by atoms with Gasteiger partial charge >= 0.3 is 0 Å². The second-order valence-corrected chi connectivity index (χ2v) is 5.78. The predicted molar refractivity (Wildman–Crippen MR) is 85.8 cm³/mol. The van der Waals surface area contributed by atoms with Gasteiger partial charge in [-0.15, -0.1) is 5.10 Å². The molecule has 0 aliphatic carbocycles. The summed E-state index contributed by atoms with van der Waals surface area (Å²) >= 11 is 1.58. The Morgan fingerprint density at radius 3 is 2.96 bits per heavy atom. The number of rotatable bonds is 6. The van der Waals surface area contributed by atoms with Crippen molar-refractivity contribution in [2.75, 3.05) is 0 Å². The largest absolute Gasteiger partial charge is 0.350 e. The number of nitrogens with zero attached hydrogens (tertiary/aromatic N) is 3. The van der Waals surface area contributed by atoms with E-state index in [1.165, 1.54) is 6.07 Å². The second kappa shape index (κ2) is 7.15. The van der Waals surface area contributed by atoms with Crippen LogP contribution < -0.4 is 5.32 Å². The predicted octanol–water partition coefficient (Wildman–Crippen LogP) is 2.72. The van der Waals surface area contributed by atoms with Gasteiger partial charge in [0, 0.05) is 11.8 Å². The van der Waals surface area contributed by atoms with Crippen LogP contribution in [0.1, 0.15) is 17.7 Å². The molecule has 0 radical (unpaired) electrons. The third-order valence-electron chi connectivity index (χ3n) is 3.36. The number of hydrogen-bond donors (Lipinski definition) is 1. The van der Waals surface area contributed by atoms with Gasteiger partial charge in [-0.3, -0.25) is 4.79 Å². The normalized spacial score (nSPS) is 10.7. The molecule has 0 atom stereocenters. The Morgan fingerprint density at radius 2 is 2.17 bits per heavy atom. The molecule has 0 aliphatic heterocycles. The van der Waals surface area contributed by atoms with Crippen LogP contribution in [0.4, 0.5) is 4.39 Å². The van der Waals surface area contributed by atoms with Gasteiger partial charge in [0.15, 0.2) is 0 Å². The Bertz CT molecular complexity index is 785. The van der Waals surface area contributed by atoms with Crippen LogP contribution in [0.5, 0.6) is 0 Å². The first-order valence-electron chi connectivity index (χ1n) is 7.16. The number of aryl methyl sites for hydroxylation is 1. The molecule has 1 N–H and O–H groups in total. The first-order valence-corrected chi connectivity index (χ1v) is 8.10. The summed E-state index contributed by atoms with van der Waals surface area (Å²) in [5.74, 6) is -0.419. The highest BCUT2D eigenvalue weighted by Gasteiger charge is 2.08. The van der Waals surface area contributed by atoms with Gasteiger partial charge in [-0.25, -0.2) is 9.07 Å². The van der Waals surface area contributed by atoms with Crippen LogP contribution in [-0.4, -0.2) is 20.9 Å². The molecule has 2 heterocycles. The monoisotopic (exact) mass is 330 g/mol. The van der Waals surface area contributed by atoms with Gasteiger partial charge in [0.25, 0.3) is 0 Å². The van der Waals surface area contributed by atoms with E-state index >= 15 is 0 Å². The SMILES string of the molecule is O=C(CCc1ccccc1F)NCc1cn(-c2ccsc2)nn1. The van der Waals surface area contributed by atoms with E-state index in [0.717, 1.165) is 5.69 Å². The Balaban J connectivity index is 1.49. The van der Waals surface area contributed by atoms with Gasteiger partial charge in [0.1, 0.15) is 11.5 Å². The van der Waals surface area contributed by atoms with Crippen LogP contribution in [-0.2, 0) is 17.8 Å². The van der Waals surface area contributed by atoms with E-state index in [2.05, 4.69) is 15.6 Å². The molecule has 7 heteroatoms. The molecule has 3 rings (SSSR count). The topological polar surface area (TPSA) is 59.8 Å². The second-order valence-electron chi connectivity index (χ2n) is 5.00. The molecule has 0 aliphatic rings. The van der Waals surface area contributed by atoms with Crippen LogP contribution in [0.15, 0.2) is 47.3 Å². The molecule has 23 heavy (non-hydrogen) atoms. The zero-order valence-electron chi connectivity index (χ0n) is 12.3. The molecular formula is C16H15FN4OS. The number of benzene rings is 1. The van der Waals surface area contributed by atoms with E-state index in [0.29, 0.717) is 24.2 Å². The van der Waals surface area contributed by atoms with Crippen molar-refractivity contribution in [3.05, 3.63) is 64.4 Å². The summed E-state index contributed by atoms with van der Waals surface area (Å²) in [6.45, 7) is 0.306. The maximum Gasteiger partial charge on any atom is 0.220 e. The fourth-order valence-electron chi connectivity index (χ4n) is 2.12. The van der Waals surface area contributed by atoms with Gasteiger partial charge in [-0.05, 0) is 29.5 Å². The van der Waals surface area contributed by atoms with E-state index in [1.54, 1.807) is 40.4 Å². The number of carbonyl (C=O) groups is 1. The third-order valence-corrected chi connectivity index (χ3v) is 4.03. The highest BCUT2D eigenvalue weighted by Crippen LogP contribution is 2.11. The molecule has 3 aromatic rings. The molecule has 0 bridgehead atoms. The molecule has 0 saturated heterocycles. The molecule has 2 aromatic heterocycles. The van der Waals surface area contributed by atoms with Crippen LogP contribution in [0, 0.1) is 5.82 Å². The minimum atomic E-state index is -0.279. The lowest BCUT2D eigenvalue weighted by molar-refractivity contribution is -0.121. The summed E-state index contributed by atoms with van der Waals surface area (Å²) in [6.07, 6.45) is 2.39. The summed E-state index contributed by atoms with van der Waals surface area (Å²) in [4.78, 5) is 11.8. The average molecular weight is 330 g/mol. The standard InChI is InChI=1S/C16H15FN4OS/c17-15-4-2-1-3-12(15)5-6-16(22)18-9-13-10-21(20-19-13)14-7-8-23-11-14/h1-4,7-8,10-11H,5-6,9H2,(H,18,22). The lowest BCUT2D eigenvalue weighted by Crippen LogP contribution is -2.23. The maximum atomic E-state index is 13.5. The van der Waals surface area contributed by atoms with Gasteiger partial charge < -0.3 is 5.32 Å². The Hall–Kier alpha value is -2.54. The van der Waals surface area contributed by atoms with Crippen LogP contribution in [0.3, 0.4) is 0 Å². The Labute approximate surface area is 136 Å². The van der Waals surface area contributed by atoms with Crippen molar-refractivity contribution in [2.24, 2.45) is 0 Å². The van der Waals surface area contributed by atoms with Crippen LogP contribution in [0.2, 0.25) is 0 Å². The minimum Gasteiger partial charge on any atom is -0.350 e. The lowest BCUT2D eigenvalue weighted by Gasteiger charge is -2.04. The van der Waals surface area contributed by atoms with E-state index in [9.17, 15) is 9.18 Å². The first kappa shape index (κ1) is 15.4. The Kier molecular flexibility index (Phi) is 4.77. The fourth-order valence-corrected chi connectivity index (χ4v) is 2.74. The maximum absolute atomic E-state index is 13.5. The number of nitrogens with one attached hydrogen (secondary N) is 1. The summed E-state index contributed by atoms with van der Waals surface area (Å²) in [5, 5.41) is 14.7. The van der Waals surface area contributed by atoms with Gasteiger partial charge in [-0.2, -0.15) is 11.3 Å². The van der Waals surface area contributed by atoms with E-state index in [4.69, 9.17) is 0 Å². The zero-order chi connectivity index (χ0) is 16.1.